The fraction of sp³-hybridized carbons (Fsp3) is 0.241. The summed E-state index contributed by atoms with van der Waals surface area (Å²) in [6, 6.07) is 0. The third-order valence-corrected chi connectivity index (χ3v) is 4.52. The minimum atomic E-state index is -4.70. The fourth-order valence-corrected chi connectivity index (χ4v) is 2.43. The molecule has 2 nitrogen and oxygen atoms in total. The van der Waals surface area contributed by atoms with Gasteiger partial charge in [0.15, 0.2) is 0 Å². The number of hydrogen-bond donors (Lipinski definition) is 0. The van der Waals surface area contributed by atoms with Crippen molar-refractivity contribution in [3.05, 3.63) is 132 Å². The molecule has 0 heterocycles. The number of alkyl halides is 6. The van der Waals surface area contributed by atoms with Crippen molar-refractivity contribution in [3.8, 4) is 0 Å². The molecule has 0 fully saturated rings. The van der Waals surface area contributed by atoms with Gasteiger partial charge >= 0.3 is 12.4 Å². The van der Waals surface area contributed by atoms with Crippen molar-refractivity contribution < 1.29 is 35.8 Å². The lowest BCUT2D eigenvalue weighted by atomic mass is 10.1. The smallest absolute Gasteiger partial charge is 0.419 e. The molecule has 0 aliphatic carbocycles. The van der Waals surface area contributed by atoms with E-state index in [9.17, 15) is 26.3 Å². The molecule has 0 amide bonds. The van der Waals surface area contributed by atoms with Crippen molar-refractivity contribution in [2.45, 2.75) is 46.5 Å². The van der Waals surface area contributed by atoms with Crippen molar-refractivity contribution in [3.63, 3.8) is 0 Å². The molecule has 0 aliphatic heterocycles. The normalized spacial score (nSPS) is 13.9. The first kappa shape index (κ1) is 33.3. The molecular weight excluding hydrogens is 494 g/mol. The van der Waals surface area contributed by atoms with Gasteiger partial charge in [0.1, 0.15) is 23.0 Å². The van der Waals surface area contributed by atoms with Crippen LogP contribution in [0.1, 0.15) is 34.1 Å². The number of halogens is 6. The second kappa shape index (κ2) is 14.2. The Morgan fingerprint density at radius 1 is 0.676 bits per heavy atom. The molecule has 0 N–H and O–H groups in total. The van der Waals surface area contributed by atoms with E-state index in [-0.39, 0.29) is 22.9 Å². The van der Waals surface area contributed by atoms with E-state index in [1.54, 1.807) is 13.8 Å². The highest BCUT2D eigenvalue weighted by molar-refractivity contribution is 5.45. The summed E-state index contributed by atoms with van der Waals surface area (Å²) < 4.78 is 90.0. The Hall–Kier alpha value is -3.68. The maximum absolute atomic E-state index is 13.4. The first-order chi connectivity index (χ1) is 16.8. The Kier molecular flexibility index (Phi) is 12.8. The van der Waals surface area contributed by atoms with Gasteiger partial charge in [-0.15, -0.1) is 0 Å². The van der Waals surface area contributed by atoms with Crippen LogP contribution in [-0.2, 0) is 9.47 Å². The van der Waals surface area contributed by atoms with E-state index in [1.807, 2.05) is 0 Å². The van der Waals surface area contributed by atoms with Gasteiger partial charge in [0.05, 0.1) is 11.1 Å². The van der Waals surface area contributed by atoms with E-state index in [4.69, 9.17) is 9.47 Å². The SMILES string of the molecule is C=C(C)/C=C(\C(=C)OC(=C)/C=C\C(=C)C(=C)/C=C\C(=C)O/C(C)=C(/C=C(/C)CC)C(F)(F)F)C(F)(F)F. The lowest BCUT2D eigenvalue weighted by Gasteiger charge is -2.15. The molecular formula is C29H32F6O2. The molecule has 0 unspecified atom stereocenters. The fourth-order valence-electron chi connectivity index (χ4n) is 2.43. The van der Waals surface area contributed by atoms with E-state index < -0.39 is 29.3 Å². The molecule has 202 valence electrons. The van der Waals surface area contributed by atoms with Gasteiger partial charge in [-0.25, -0.2) is 0 Å². The summed E-state index contributed by atoms with van der Waals surface area (Å²) in [4.78, 5) is 0. The third-order valence-electron chi connectivity index (χ3n) is 4.52. The van der Waals surface area contributed by atoms with Gasteiger partial charge in [-0.05, 0) is 62.6 Å². The van der Waals surface area contributed by atoms with Crippen molar-refractivity contribution >= 4 is 0 Å². The summed E-state index contributed by atoms with van der Waals surface area (Å²) in [5.74, 6) is -1.25. The van der Waals surface area contributed by atoms with E-state index in [0.29, 0.717) is 23.1 Å². The Labute approximate surface area is 215 Å². The Morgan fingerprint density at radius 2 is 1.14 bits per heavy atom. The molecule has 0 saturated heterocycles. The maximum Gasteiger partial charge on any atom is 0.419 e. The van der Waals surface area contributed by atoms with Crippen LogP contribution in [0.15, 0.2) is 132 Å². The first-order valence-corrected chi connectivity index (χ1v) is 10.9. The molecule has 8 heteroatoms. The van der Waals surface area contributed by atoms with E-state index in [1.165, 1.54) is 38.2 Å². The number of hydrogen-bond acceptors (Lipinski definition) is 2. The van der Waals surface area contributed by atoms with Crippen LogP contribution in [0.25, 0.3) is 0 Å². The standard InChI is InChI=1S/C29H32F6O2/c1-11-19(4)17-27(29(33,34)35)25(10)37-23(8)15-13-21(6)20(5)12-14-22(7)36-24(9)26(16-18(2)3)28(30,31)32/h12-17H,2,5-9,11H2,1,3-4,10H3/b14-12-,15-13-,19-17-,26-16+,27-25-. The highest BCUT2D eigenvalue weighted by Crippen LogP contribution is 2.33. The van der Waals surface area contributed by atoms with Crippen LogP contribution in [0, 0.1) is 0 Å². The van der Waals surface area contributed by atoms with Crippen LogP contribution >= 0.6 is 0 Å². The van der Waals surface area contributed by atoms with Crippen molar-refractivity contribution in [1.29, 1.82) is 0 Å². The first-order valence-electron chi connectivity index (χ1n) is 10.9. The molecule has 0 spiro atoms. The second-order valence-corrected chi connectivity index (χ2v) is 7.99. The molecule has 0 aromatic heterocycles. The average molecular weight is 527 g/mol. The molecule has 0 bridgehead atoms. The minimum Gasteiger partial charge on any atom is -0.462 e. The van der Waals surface area contributed by atoms with Crippen LogP contribution < -0.4 is 0 Å². The van der Waals surface area contributed by atoms with Crippen molar-refractivity contribution in [2.24, 2.45) is 0 Å². The largest absolute Gasteiger partial charge is 0.462 e. The molecule has 0 aromatic carbocycles. The Balaban J connectivity index is 5.34. The lowest BCUT2D eigenvalue weighted by Crippen LogP contribution is -2.15. The van der Waals surface area contributed by atoms with Gasteiger partial charge in [0.2, 0.25) is 0 Å². The third kappa shape index (κ3) is 12.7. The van der Waals surface area contributed by atoms with Crippen LogP contribution in [0.3, 0.4) is 0 Å². The summed E-state index contributed by atoms with van der Waals surface area (Å²) in [6.07, 6.45) is -1.68. The quantitative estimate of drug-likeness (QED) is 0.135. The van der Waals surface area contributed by atoms with Crippen LogP contribution in [0.4, 0.5) is 26.3 Å². The molecule has 0 saturated carbocycles. The zero-order chi connectivity index (χ0) is 29.1. The van der Waals surface area contributed by atoms with Crippen molar-refractivity contribution in [2.75, 3.05) is 0 Å². The summed E-state index contributed by atoms with van der Waals surface area (Å²) in [5.41, 5.74) is -0.684. The molecule has 0 radical (unpaired) electrons. The maximum atomic E-state index is 13.4. The van der Waals surface area contributed by atoms with Gasteiger partial charge in [-0.1, -0.05) is 69.7 Å². The zero-order valence-electron chi connectivity index (χ0n) is 21.5. The molecule has 0 aromatic rings. The summed E-state index contributed by atoms with van der Waals surface area (Å²) in [5, 5.41) is 0. The van der Waals surface area contributed by atoms with Gasteiger partial charge in [-0.2, -0.15) is 26.3 Å². The zero-order valence-corrected chi connectivity index (χ0v) is 21.5. The molecule has 0 rings (SSSR count). The predicted molar refractivity (Wildman–Crippen MR) is 138 cm³/mol. The van der Waals surface area contributed by atoms with Crippen LogP contribution in [0.5, 0.6) is 0 Å². The van der Waals surface area contributed by atoms with Gasteiger partial charge in [-0.3, -0.25) is 0 Å². The van der Waals surface area contributed by atoms with Crippen LogP contribution in [-0.4, -0.2) is 12.4 Å². The summed E-state index contributed by atoms with van der Waals surface area (Å²) in [6.45, 7) is 27.3. The average Bonchev–Trinajstić information content (AvgIpc) is 2.75. The summed E-state index contributed by atoms with van der Waals surface area (Å²) >= 11 is 0. The highest BCUT2D eigenvalue weighted by atomic mass is 19.4. The van der Waals surface area contributed by atoms with Gasteiger partial charge in [0, 0.05) is 0 Å². The number of rotatable bonds is 13. The second-order valence-electron chi connectivity index (χ2n) is 7.99. The molecule has 0 atom stereocenters. The van der Waals surface area contributed by atoms with E-state index in [2.05, 4.69) is 39.5 Å². The minimum absolute atomic E-state index is 0.0762. The topological polar surface area (TPSA) is 18.5 Å². The van der Waals surface area contributed by atoms with Gasteiger partial charge < -0.3 is 9.47 Å². The molecule has 0 aliphatic rings. The van der Waals surface area contributed by atoms with E-state index >= 15 is 0 Å². The van der Waals surface area contributed by atoms with Crippen molar-refractivity contribution in [1.82, 2.24) is 0 Å². The Bertz CT molecular complexity index is 1100. The van der Waals surface area contributed by atoms with Crippen LogP contribution in [0.2, 0.25) is 0 Å². The Morgan fingerprint density at radius 3 is 1.51 bits per heavy atom. The number of ether oxygens (including phenoxy) is 2. The molecule has 37 heavy (non-hydrogen) atoms. The van der Waals surface area contributed by atoms with E-state index in [0.717, 1.165) is 12.2 Å². The number of allylic oxidation sites excluding steroid dienone is 13. The lowest BCUT2D eigenvalue weighted by molar-refractivity contribution is -0.0932. The highest BCUT2D eigenvalue weighted by Gasteiger charge is 2.36. The van der Waals surface area contributed by atoms with Gasteiger partial charge in [0.25, 0.3) is 0 Å². The predicted octanol–water partition coefficient (Wildman–Crippen LogP) is 10.0. The summed E-state index contributed by atoms with van der Waals surface area (Å²) in [7, 11) is 0. The monoisotopic (exact) mass is 526 g/mol.